The van der Waals surface area contributed by atoms with E-state index in [2.05, 4.69) is 40.8 Å². The zero-order valence-electron chi connectivity index (χ0n) is 11.1. The summed E-state index contributed by atoms with van der Waals surface area (Å²) in [4.78, 5) is 2.34. The maximum atomic E-state index is 9.51. The van der Waals surface area contributed by atoms with Crippen LogP contribution in [0.25, 0.3) is 10.9 Å². The van der Waals surface area contributed by atoms with E-state index in [0.717, 1.165) is 26.1 Å². The monoisotopic (exact) mass is 244 g/mol. The van der Waals surface area contributed by atoms with Gasteiger partial charge in [-0.1, -0.05) is 18.2 Å². The minimum Gasteiger partial charge on any atom is -0.392 e. The molecule has 3 nitrogen and oxygen atoms in total. The molecule has 0 amide bonds. The van der Waals surface area contributed by atoms with Crippen LogP contribution in [0.3, 0.4) is 0 Å². The summed E-state index contributed by atoms with van der Waals surface area (Å²) in [7, 11) is 2.15. The molecule has 1 N–H and O–H groups in total. The Morgan fingerprint density at radius 3 is 2.89 bits per heavy atom. The fourth-order valence-electron chi connectivity index (χ4n) is 3.10. The molecule has 0 spiro atoms. The topological polar surface area (TPSA) is 28.4 Å². The molecular weight excluding hydrogens is 224 g/mol. The first-order valence-electron chi connectivity index (χ1n) is 6.62. The number of aromatic nitrogens is 1. The fraction of sp³-hybridized carbons (Fsp3) is 0.467. The molecule has 3 heteroatoms. The molecule has 1 aromatic carbocycles. The number of aryl methyl sites for hydroxylation is 1. The van der Waals surface area contributed by atoms with Crippen LogP contribution in [0.1, 0.15) is 18.2 Å². The summed E-state index contributed by atoms with van der Waals surface area (Å²) in [5.74, 6) is 0. The molecule has 0 saturated carbocycles. The zero-order valence-corrected chi connectivity index (χ0v) is 11.1. The largest absolute Gasteiger partial charge is 0.392 e. The molecule has 3 rings (SSSR count). The summed E-state index contributed by atoms with van der Waals surface area (Å²) in [6.45, 7) is 4.62. The molecule has 1 aliphatic heterocycles. The van der Waals surface area contributed by atoms with Gasteiger partial charge in [-0.25, -0.2) is 0 Å². The second kappa shape index (κ2) is 4.41. The Labute approximate surface area is 108 Å². The number of hydrogen-bond acceptors (Lipinski definition) is 2. The van der Waals surface area contributed by atoms with Gasteiger partial charge in [-0.15, -0.1) is 0 Å². The zero-order chi connectivity index (χ0) is 12.7. The van der Waals surface area contributed by atoms with Crippen molar-refractivity contribution >= 4 is 10.9 Å². The van der Waals surface area contributed by atoms with Gasteiger partial charge in [-0.2, -0.15) is 0 Å². The number of nitrogens with zero attached hydrogens (tertiary/aromatic N) is 2. The Bertz CT molecular complexity index is 571. The molecule has 0 radical (unpaired) electrons. The molecule has 0 aliphatic carbocycles. The van der Waals surface area contributed by atoms with E-state index in [9.17, 15) is 5.11 Å². The quantitative estimate of drug-likeness (QED) is 0.874. The second-order valence-corrected chi connectivity index (χ2v) is 5.34. The van der Waals surface area contributed by atoms with Crippen molar-refractivity contribution in [3.8, 4) is 0 Å². The molecule has 0 bridgehead atoms. The number of aliphatic hydroxyl groups is 1. The van der Waals surface area contributed by atoms with Gasteiger partial charge in [0.2, 0.25) is 0 Å². The van der Waals surface area contributed by atoms with E-state index in [1.807, 2.05) is 6.92 Å². The van der Waals surface area contributed by atoms with E-state index in [-0.39, 0.29) is 6.10 Å². The molecule has 0 fully saturated rings. The third-order valence-electron chi connectivity index (χ3n) is 3.92. The van der Waals surface area contributed by atoms with Crippen LogP contribution < -0.4 is 0 Å². The summed E-state index contributed by atoms with van der Waals surface area (Å²) in [6.07, 6.45) is 0.838. The molecule has 1 aliphatic rings. The molecule has 1 aromatic heterocycles. The van der Waals surface area contributed by atoms with E-state index in [4.69, 9.17) is 0 Å². The normalized spacial score (nSPS) is 17.9. The van der Waals surface area contributed by atoms with Crippen molar-refractivity contribution in [2.75, 3.05) is 13.1 Å². The van der Waals surface area contributed by atoms with Gasteiger partial charge in [0.05, 0.1) is 6.10 Å². The van der Waals surface area contributed by atoms with Gasteiger partial charge in [0.15, 0.2) is 0 Å². The number of rotatable bonds is 2. The molecule has 0 saturated heterocycles. The highest BCUT2D eigenvalue weighted by Crippen LogP contribution is 2.29. The number of para-hydroxylation sites is 1. The maximum absolute atomic E-state index is 9.51. The van der Waals surface area contributed by atoms with Crippen molar-refractivity contribution in [2.24, 2.45) is 7.05 Å². The number of aliphatic hydroxyl groups excluding tert-OH is 1. The average molecular weight is 244 g/mol. The minimum atomic E-state index is -0.249. The maximum Gasteiger partial charge on any atom is 0.0639 e. The summed E-state index contributed by atoms with van der Waals surface area (Å²) in [6, 6.07) is 8.62. The summed E-state index contributed by atoms with van der Waals surface area (Å²) >= 11 is 0. The van der Waals surface area contributed by atoms with Gasteiger partial charge >= 0.3 is 0 Å². The van der Waals surface area contributed by atoms with Crippen molar-refractivity contribution in [1.29, 1.82) is 0 Å². The molecule has 1 atom stereocenters. The van der Waals surface area contributed by atoms with Gasteiger partial charge < -0.3 is 9.67 Å². The molecule has 18 heavy (non-hydrogen) atoms. The van der Waals surface area contributed by atoms with Crippen molar-refractivity contribution in [3.05, 3.63) is 35.5 Å². The molecule has 2 heterocycles. The van der Waals surface area contributed by atoms with Crippen LogP contribution in [-0.2, 0) is 20.0 Å². The lowest BCUT2D eigenvalue weighted by Crippen LogP contribution is -2.36. The SMILES string of the molecule is CC(O)CN1CCc2c(n(C)c3ccccc23)C1. The lowest BCUT2D eigenvalue weighted by atomic mass is 10.0. The van der Waals surface area contributed by atoms with Crippen LogP contribution in [0.2, 0.25) is 0 Å². The van der Waals surface area contributed by atoms with Gasteiger partial charge in [0.25, 0.3) is 0 Å². The van der Waals surface area contributed by atoms with Gasteiger partial charge in [-0.05, 0) is 25.0 Å². The van der Waals surface area contributed by atoms with Gasteiger partial charge in [0.1, 0.15) is 0 Å². The number of benzene rings is 1. The number of fused-ring (bicyclic) bond motifs is 3. The van der Waals surface area contributed by atoms with Crippen molar-refractivity contribution < 1.29 is 5.11 Å². The summed E-state index contributed by atoms with van der Waals surface area (Å²) in [5, 5.41) is 10.9. The highest BCUT2D eigenvalue weighted by atomic mass is 16.3. The first kappa shape index (κ1) is 11.8. The van der Waals surface area contributed by atoms with Gasteiger partial charge in [0, 0.05) is 43.3 Å². The Hall–Kier alpha value is -1.32. The summed E-state index contributed by atoms with van der Waals surface area (Å²) in [5.41, 5.74) is 4.22. The Balaban J connectivity index is 2.01. The Morgan fingerprint density at radius 2 is 2.11 bits per heavy atom. The highest BCUT2D eigenvalue weighted by molar-refractivity contribution is 5.85. The van der Waals surface area contributed by atoms with Gasteiger partial charge in [-0.3, -0.25) is 4.90 Å². The highest BCUT2D eigenvalue weighted by Gasteiger charge is 2.22. The predicted octanol–water partition coefficient (Wildman–Crippen LogP) is 1.92. The van der Waals surface area contributed by atoms with Crippen LogP contribution in [-0.4, -0.2) is 33.8 Å². The van der Waals surface area contributed by atoms with E-state index in [0.29, 0.717) is 0 Å². The first-order valence-corrected chi connectivity index (χ1v) is 6.62. The third-order valence-corrected chi connectivity index (χ3v) is 3.92. The molecule has 2 aromatic rings. The van der Waals surface area contributed by atoms with E-state index in [1.165, 1.54) is 22.2 Å². The van der Waals surface area contributed by atoms with Crippen molar-refractivity contribution in [3.63, 3.8) is 0 Å². The standard InChI is InChI=1S/C15H20N2O/c1-11(18)9-17-8-7-13-12-5-3-4-6-14(12)16(2)15(13)10-17/h3-6,11,18H,7-10H2,1-2H3. The van der Waals surface area contributed by atoms with E-state index < -0.39 is 0 Å². The lowest BCUT2D eigenvalue weighted by Gasteiger charge is -2.28. The second-order valence-electron chi connectivity index (χ2n) is 5.34. The Kier molecular flexibility index (Phi) is 2.88. The van der Waals surface area contributed by atoms with E-state index in [1.54, 1.807) is 0 Å². The number of hydrogen-bond donors (Lipinski definition) is 1. The van der Waals surface area contributed by atoms with Crippen molar-refractivity contribution in [1.82, 2.24) is 9.47 Å². The van der Waals surface area contributed by atoms with Crippen LogP contribution in [0.15, 0.2) is 24.3 Å². The predicted molar refractivity (Wildman–Crippen MR) is 73.6 cm³/mol. The third kappa shape index (κ3) is 1.84. The van der Waals surface area contributed by atoms with Crippen LogP contribution in [0.5, 0.6) is 0 Å². The average Bonchev–Trinajstić information content (AvgIpc) is 2.63. The minimum absolute atomic E-state index is 0.249. The molecule has 1 unspecified atom stereocenters. The fourth-order valence-corrected chi connectivity index (χ4v) is 3.10. The summed E-state index contributed by atoms with van der Waals surface area (Å²) < 4.78 is 2.30. The van der Waals surface area contributed by atoms with Crippen LogP contribution in [0, 0.1) is 0 Å². The van der Waals surface area contributed by atoms with Crippen LogP contribution in [0.4, 0.5) is 0 Å². The van der Waals surface area contributed by atoms with E-state index >= 15 is 0 Å². The first-order chi connectivity index (χ1) is 8.66. The number of β-amino-alcohol motifs (C(OH)–C–C–N with tert-alkyl or cyclic N) is 1. The molecule has 96 valence electrons. The van der Waals surface area contributed by atoms with Crippen molar-refractivity contribution in [2.45, 2.75) is 26.0 Å². The van der Waals surface area contributed by atoms with Crippen LogP contribution >= 0.6 is 0 Å². The molecular formula is C15H20N2O. The smallest absolute Gasteiger partial charge is 0.0639 e. The lowest BCUT2D eigenvalue weighted by molar-refractivity contribution is 0.117. The Morgan fingerprint density at radius 1 is 1.33 bits per heavy atom.